The van der Waals surface area contributed by atoms with Crippen LogP contribution in [0.4, 0.5) is 0 Å². The molecule has 0 radical (unpaired) electrons. The second-order valence-electron chi connectivity index (χ2n) is 9.11. The van der Waals surface area contributed by atoms with Crippen LogP contribution in [-0.4, -0.2) is 30.9 Å². The van der Waals surface area contributed by atoms with Gasteiger partial charge in [-0.25, -0.2) is 17.6 Å². The lowest BCUT2D eigenvalue weighted by molar-refractivity contribution is -0.634. The van der Waals surface area contributed by atoms with Gasteiger partial charge in [-0.15, -0.1) is 0 Å². The van der Waals surface area contributed by atoms with E-state index in [1.54, 1.807) is 7.11 Å². The van der Waals surface area contributed by atoms with Crippen molar-refractivity contribution in [1.82, 2.24) is 4.57 Å². The molecule has 5 rings (SSSR count). The number of methoxy groups -OCH3 is 1. The van der Waals surface area contributed by atoms with E-state index >= 15 is 0 Å². The topological polar surface area (TPSA) is 75.2 Å². The molecular weight excluding hydrogens is 496 g/mol. The highest BCUT2D eigenvalue weighted by Crippen LogP contribution is 2.29. The number of para-hydroxylation sites is 2. The summed E-state index contributed by atoms with van der Waals surface area (Å²) in [5.41, 5.74) is 8.62. The largest absolute Gasteiger partial charge is 0.748 e. The standard InChI is InChI=1S/C30H29N2O.CH4O3S/c1-4-21-32-29-8-6-5-7-28(29)31(2)30(32)26-15-13-24(14-16-26)22-9-11-23(12-10-22)25-17-19-27(33-3)20-18-25;1-5(2,3)4/h5-20H,4,21H2,1-3H3;1H3,(H,2,3,4)/q+1;/p-1. The smallest absolute Gasteiger partial charge is 0.289 e. The minimum Gasteiger partial charge on any atom is -0.748 e. The molecule has 0 aliphatic carbocycles. The molecule has 0 saturated heterocycles. The lowest BCUT2D eigenvalue weighted by atomic mass is 9.99. The summed E-state index contributed by atoms with van der Waals surface area (Å²) in [6, 6.07) is 34.5. The first-order valence-electron chi connectivity index (χ1n) is 12.4. The van der Waals surface area contributed by atoms with Gasteiger partial charge in [0.15, 0.2) is 11.0 Å². The van der Waals surface area contributed by atoms with Crippen LogP contribution in [0.25, 0.3) is 44.7 Å². The molecule has 6 nitrogen and oxygen atoms in total. The Morgan fingerprint density at radius 1 is 0.763 bits per heavy atom. The van der Waals surface area contributed by atoms with E-state index in [9.17, 15) is 0 Å². The average molecular weight is 529 g/mol. The second-order valence-corrected chi connectivity index (χ2v) is 10.5. The third-order valence-corrected chi connectivity index (χ3v) is 6.34. The van der Waals surface area contributed by atoms with Gasteiger partial charge in [0.2, 0.25) is 0 Å². The zero-order chi connectivity index (χ0) is 27.3. The SMILES string of the molecule is CCCn1c(-c2ccc(-c3ccc(-c4ccc(OC)cc4)cc3)cc2)[n+](C)c2ccccc21.CS(=O)(=O)[O-]. The van der Waals surface area contributed by atoms with Gasteiger partial charge in [-0.2, -0.15) is 0 Å². The van der Waals surface area contributed by atoms with Crippen molar-refractivity contribution in [2.75, 3.05) is 13.4 Å². The van der Waals surface area contributed by atoms with Gasteiger partial charge in [0.1, 0.15) is 5.75 Å². The molecule has 0 unspecified atom stereocenters. The van der Waals surface area contributed by atoms with E-state index in [-0.39, 0.29) is 0 Å². The van der Waals surface area contributed by atoms with E-state index in [0.717, 1.165) is 18.7 Å². The Labute approximate surface area is 224 Å². The third-order valence-electron chi connectivity index (χ3n) is 6.34. The minimum atomic E-state index is -3.92. The van der Waals surface area contributed by atoms with Crippen LogP contribution < -0.4 is 9.30 Å². The molecule has 0 aliphatic heterocycles. The van der Waals surface area contributed by atoms with Crippen LogP contribution in [0.2, 0.25) is 0 Å². The molecule has 1 aromatic heterocycles. The molecule has 0 atom stereocenters. The maximum Gasteiger partial charge on any atom is 0.289 e. The maximum absolute atomic E-state index is 9.08. The molecule has 0 spiro atoms. The Bertz CT molecular complexity index is 1610. The molecule has 0 aliphatic rings. The molecule has 7 heteroatoms. The Hall–Kier alpha value is -3.94. The summed E-state index contributed by atoms with van der Waals surface area (Å²) in [6.45, 7) is 3.24. The second kappa shape index (κ2) is 11.6. The van der Waals surface area contributed by atoms with E-state index in [4.69, 9.17) is 17.7 Å². The fourth-order valence-corrected chi connectivity index (χ4v) is 4.64. The zero-order valence-corrected chi connectivity index (χ0v) is 22.9. The minimum absolute atomic E-state index is 0.604. The van der Waals surface area contributed by atoms with Gasteiger partial charge >= 0.3 is 0 Å². The summed E-state index contributed by atoms with van der Waals surface area (Å²) >= 11 is 0. The summed E-state index contributed by atoms with van der Waals surface area (Å²) in [4.78, 5) is 0. The van der Waals surface area contributed by atoms with Gasteiger partial charge in [-0.3, -0.25) is 0 Å². The van der Waals surface area contributed by atoms with Gasteiger partial charge < -0.3 is 9.29 Å². The Kier molecular flexibility index (Phi) is 8.29. The van der Waals surface area contributed by atoms with E-state index in [2.05, 4.69) is 108 Å². The highest BCUT2D eigenvalue weighted by molar-refractivity contribution is 7.84. The van der Waals surface area contributed by atoms with Crippen molar-refractivity contribution in [2.45, 2.75) is 19.9 Å². The van der Waals surface area contributed by atoms with Crippen LogP contribution in [0.5, 0.6) is 5.75 Å². The Balaban J connectivity index is 0.000000617. The van der Waals surface area contributed by atoms with Gasteiger partial charge in [0.05, 0.1) is 36.4 Å². The molecule has 38 heavy (non-hydrogen) atoms. The number of ether oxygens (including phenoxy) is 1. The lowest BCUT2D eigenvalue weighted by Crippen LogP contribution is -2.30. The van der Waals surface area contributed by atoms with Crippen LogP contribution in [0, 0.1) is 0 Å². The number of nitrogens with zero attached hydrogens (tertiary/aromatic N) is 2. The fraction of sp³-hybridized carbons (Fsp3) is 0.194. The number of benzene rings is 4. The molecule has 0 saturated carbocycles. The molecular formula is C31H32N2O4S. The van der Waals surface area contributed by atoms with Crippen molar-refractivity contribution >= 4 is 21.2 Å². The van der Waals surface area contributed by atoms with Crippen molar-refractivity contribution in [2.24, 2.45) is 7.05 Å². The number of aryl methyl sites for hydroxylation is 2. The maximum atomic E-state index is 9.08. The summed E-state index contributed by atoms with van der Waals surface area (Å²) in [5, 5.41) is 0. The van der Waals surface area contributed by atoms with Crippen molar-refractivity contribution in [3.05, 3.63) is 97.1 Å². The highest BCUT2D eigenvalue weighted by Gasteiger charge is 2.23. The van der Waals surface area contributed by atoms with Gasteiger partial charge in [-0.1, -0.05) is 67.6 Å². The molecule has 4 aromatic carbocycles. The van der Waals surface area contributed by atoms with Gasteiger partial charge in [0.25, 0.3) is 5.82 Å². The first-order valence-corrected chi connectivity index (χ1v) is 14.2. The van der Waals surface area contributed by atoms with Crippen LogP contribution in [0.3, 0.4) is 0 Å². The predicted octanol–water partition coefficient (Wildman–Crippen LogP) is 6.05. The molecule has 1 heterocycles. The highest BCUT2D eigenvalue weighted by atomic mass is 32.2. The van der Waals surface area contributed by atoms with Crippen molar-refractivity contribution < 1.29 is 22.3 Å². The number of hydrogen-bond acceptors (Lipinski definition) is 4. The van der Waals surface area contributed by atoms with E-state index < -0.39 is 10.1 Å². The van der Waals surface area contributed by atoms with Crippen LogP contribution in [0.1, 0.15) is 13.3 Å². The quantitative estimate of drug-likeness (QED) is 0.199. The van der Waals surface area contributed by atoms with E-state index in [1.807, 2.05) is 12.1 Å². The molecule has 0 N–H and O–H groups in total. The summed E-state index contributed by atoms with van der Waals surface area (Å²) < 4.78 is 37.2. The zero-order valence-electron chi connectivity index (χ0n) is 22.1. The van der Waals surface area contributed by atoms with Crippen LogP contribution in [-0.2, 0) is 23.7 Å². The number of imidazole rings is 1. The van der Waals surface area contributed by atoms with Crippen LogP contribution in [0.15, 0.2) is 97.1 Å². The summed E-state index contributed by atoms with van der Waals surface area (Å²) in [7, 11) is -0.0614. The van der Waals surface area contributed by atoms with Crippen LogP contribution >= 0.6 is 0 Å². The fourth-order valence-electron chi connectivity index (χ4n) is 4.64. The monoisotopic (exact) mass is 528 g/mol. The normalized spacial score (nSPS) is 11.2. The molecule has 196 valence electrons. The molecule has 0 fully saturated rings. The Morgan fingerprint density at radius 2 is 1.18 bits per heavy atom. The van der Waals surface area contributed by atoms with E-state index in [0.29, 0.717) is 6.26 Å². The number of hydrogen-bond donors (Lipinski definition) is 0. The first kappa shape index (κ1) is 27.1. The summed E-state index contributed by atoms with van der Waals surface area (Å²) in [5.74, 6) is 2.13. The average Bonchev–Trinajstić information content (AvgIpc) is 3.20. The third kappa shape index (κ3) is 6.30. The predicted molar refractivity (Wildman–Crippen MR) is 152 cm³/mol. The van der Waals surface area contributed by atoms with Gasteiger partial charge in [-0.05, 0) is 65.1 Å². The first-order chi connectivity index (χ1) is 18.2. The number of aromatic nitrogens is 2. The number of rotatable bonds is 6. The van der Waals surface area contributed by atoms with Gasteiger partial charge in [0, 0.05) is 6.26 Å². The Morgan fingerprint density at radius 3 is 1.63 bits per heavy atom. The lowest BCUT2D eigenvalue weighted by Gasteiger charge is -2.07. The van der Waals surface area contributed by atoms with Crippen molar-refractivity contribution in [3.63, 3.8) is 0 Å². The molecule has 0 amide bonds. The number of fused-ring (bicyclic) bond motifs is 1. The molecule has 0 bridgehead atoms. The molecule has 5 aromatic rings. The van der Waals surface area contributed by atoms with E-state index in [1.165, 1.54) is 44.7 Å². The summed E-state index contributed by atoms with van der Waals surface area (Å²) in [6.07, 6.45) is 1.71. The van der Waals surface area contributed by atoms with Crippen molar-refractivity contribution in [1.29, 1.82) is 0 Å². The van der Waals surface area contributed by atoms with Crippen molar-refractivity contribution in [3.8, 4) is 39.4 Å².